The van der Waals surface area contributed by atoms with E-state index < -0.39 is 14.6 Å². The molecule has 0 bridgehead atoms. The van der Waals surface area contributed by atoms with E-state index in [-0.39, 0.29) is 12.4 Å². The van der Waals surface area contributed by atoms with Gasteiger partial charge in [0.15, 0.2) is 9.84 Å². The van der Waals surface area contributed by atoms with Crippen molar-refractivity contribution in [1.29, 1.82) is 0 Å². The Bertz CT molecular complexity index is 504. The fourth-order valence-electron chi connectivity index (χ4n) is 1.53. The third kappa shape index (κ3) is 4.84. The molecule has 0 saturated carbocycles. The number of benzene rings is 1. The van der Waals surface area contributed by atoms with Crippen molar-refractivity contribution < 1.29 is 13.2 Å². The summed E-state index contributed by atoms with van der Waals surface area (Å²) in [5.74, 6) is 0.715. The van der Waals surface area contributed by atoms with Gasteiger partial charge >= 0.3 is 0 Å². The molecule has 0 atom stereocenters. The third-order valence-electron chi connectivity index (χ3n) is 2.89. The van der Waals surface area contributed by atoms with Crippen LogP contribution in [0.3, 0.4) is 0 Å². The Labute approximate surface area is 115 Å². The molecule has 0 aliphatic rings. The lowest BCUT2D eigenvalue weighted by Gasteiger charge is -2.19. The van der Waals surface area contributed by atoms with E-state index in [0.717, 1.165) is 12.0 Å². The van der Waals surface area contributed by atoms with Gasteiger partial charge in [0.1, 0.15) is 12.4 Å². The molecule has 0 heterocycles. The van der Waals surface area contributed by atoms with Crippen LogP contribution < -0.4 is 10.5 Å². The van der Waals surface area contributed by atoms with E-state index in [1.54, 1.807) is 20.8 Å². The standard InChI is InChI=1S/C14H23NO3S/c1-14(2,3)19(16,17)10-9-18-13-6-4-5-12(11-13)7-8-15/h4-6,11H,7-10,15H2,1-3H3. The first-order valence-electron chi connectivity index (χ1n) is 6.40. The van der Waals surface area contributed by atoms with Crippen LogP contribution in [0.5, 0.6) is 5.75 Å². The van der Waals surface area contributed by atoms with Gasteiger partial charge in [-0.25, -0.2) is 8.42 Å². The van der Waals surface area contributed by atoms with Gasteiger partial charge in [0, 0.05) is 0 Å². The molecule has 0 saturated heterocycles. The normalized spacial score (nSPS) is 12.4. The van der Waals surface area contributed by atoms with E-state index in [1.807, 2.05) is 24.3 Å². The second-order valence-electron chi connectivity index (χ2n) is 5.47. The first-order chi connectivity index (χ1) is 8.76. The summed E-state index contributed by atoms with van der Waals surface area (Å²) in [7, 11) is -3.13. The molecule has 5 heteroatoms. The highest BCUT2D eigenvalue weighted by molar-refractivity contribution is 7.92. The Kier molecular flexibility index (Phi) is 5.38. The van der Waals surface area contributed by atoms with E-state index in [4.69, 9.17) is 10.5 Å². The smallest absolute Gasteiger partial charge is 0.158 e. The summed E-state index contributed by atoms with van der Waals surface area (Å²) in [6.07, 6.45) is 0.789. The lowest BCUT2D eigenvalue weighted by atomic mass is 10.1. The zero-order valence-electron chi connectivity index (χ0n) is 11.8. The second-order valence-corrected chi connectivity index (χ2v) is 8.33. The van der Waals surface area contributed by atoms with Crippen LogP contribution in [0.25, 0.3) is 0 Å². The summed E-state index contributed by atoms with van der Waals surface area (Å²) >= 11 is 0. The van der Waals surface area contributed by atoms with Crippen molar-refractivity contribution in [3.8, 4) is 5.75 Å². The van der Waals surface area contributed by atoms with Gasteiger partial charge in [0.05, 0.1) is 10.5 Å². The van der Waals surface area contributed by atoms with Crippen LogP contribution in [0.1, 0.15) is 26.3 Å². The average Bonchev–Trinajstić information content (AvgIpc) is 2.28. The van der Waals surface area contributed by atoms with E-state index >= 15 is 0 Å². The fraction of sp³-hybridized carbons (Fsp3) is 0.571. The Balaban J connectivity index is 2.56. The highest BCUT2D eigenvalue weighted by atomic mass is 32.2. The molecule has 0 fully saturated rings. The van der Waals surface area contributed by atoms with Crippen molar-refractivity contribution in [2.24, 2.45) is 5.73 Å². The molecule has 4 nitrogen and oxygen atoms in total. The van der Waals surface area contributed by atoms with Crippen molar-refractivity contribution in [3.05, 3.63) is 29.8 Å². The first-order valence-corrected chi connectivity index (χ1v) is 8.05. The van der Waals surface area contributed by atoms with Gasteiger partial charge in [0.25, 0.3) is 0 Å². The molecule has 2 N–H and O–H groups in total. The highest BCUT2D eigenvalue weighted by Gasteiger charge is 2.28. The van der Waals surface area contributed by atoms with Crippen LogP contribution in [-0.2, 0) is 16.3 Å². The lowest BCUT2D eigenvalue weighted by molar-refractivity contribution is 0.339. The maximum Gasteiger partial charge on any atom is 0.158 e. The summed E-state index contributed by atoms with van der Waals surface area (Å²) in [4.78, 5) is 0. The van der Waals surface area contributed by atoms with Crippen molar-refractivity contribution in [2.75, 3.05) is 18.9 Å². The number of ether oxygens (including phenoxy) is 1. The van der Waals surface area contributed by atoms with Crippen molar-refractivity contribution >= 4 is 9.84 Å². The molecule has 0 amide bonds. The van der Waals surface area contributed by atoms with Gasteiger partial charge < -0.3 is 10.5 Å². The zero-order valence-corrected chi connectivity index (χ0v) is 12.7. The van der Waals surface area contributed by atoms with Crippen LogP contribution >= 0.6 is 0 Å². The largest absolute Gasteiger partial charge is 0.493 e. The molecular formula is C14H23NO3S. The molecule has 0 unspecified atom stereocenters. The number of rotatable bonds is 6. The van der Waals surface area contributed by atoms with Gasteiger partial charge in [0.2, 0.25) is 0 Å². The molecule has 0 aliphatic heterocycles. The van der Waals surface area contributed by atoms with Gasteiger partial charge in [-0.05, 0) is 51.4 Å². The third-order valence-corrected chi connectivity index (χ3v) is 5.46. The summed E-state index contributed by atoms with van der Waals surface area (Å²) in [6.45, 7) is 5.85. The Hall–Kier alpha value is -1.07. The lowest BCUT2D eigenvalue weighted by Crippen LogP contribution is -2.32. The van der Waals surface area contributed by atoms with Gasteiger partial charge in [-0.3, -0.25) is 0 Å². The molecule has 0 spiro atoms. The molecule has 1 rings (SSSR count). The summed E-state index contributed by atoms with van der Waals surface area (Å²) in [5, 5.41) is 0. The van der Waals surface area contributed by atoms with E-state index in [0.29, 0.717) is 12.3 Å². The predicted octanol–water partition coefficient (Wildman–Crippen LogP) is 1.78. The summed E-state index contributed by atoms with van der Waals surface area (Å²) < 4.78 is 28.6. The molecule has 1 aromatic rings. The Morgan fingerprint density at radius 3 is 2.53 bits per heavy atom. The van der Waals surface area contributed by atoms with E-state index in [1.165, 1.54) is 0 Å². The molecule has 1 aromatic carbocycles. The van der Waals surface area contributed by atoms with Crippen LogP contribution in [0, 0.1) is 0 Å². The minimum atomic E-state index is -3.13. The highest BCUT2D eigenvalue weighted by Crippen LogP contribution is 2.17. The van der Waals surface area contributed by atoms with Crippen molar-refractivity contribution in [1.82, 2.24) is 0 Å². The van der Waals surface area contributed by atoms with Crippen LogP contribution in [0.4, 0.5) is 0 Å². The molecule has 0 aliphatic carbocycles. The van der Waals surface area contributed by atoms with Gasteiger partial charge in [-0.15, -0.1) is 0 Å². The van der Waals surface area contributed by atoms with E-state index in [9.17, 15) is 8.42 Å². The maximum atomic E-state index is 11.9. The zero-order chi connectivity index (χ0) is 14.5. The fourth-order valence-corrected chi connectivity index (χ4v) is 2.45. The summed E-state index contributed by atoms with van der Waals surface area (Å²) in [5.41, 5.74) is 6.59. The van der Waals surface area contributed by atoms with Gasteiger partial charge in [-0.1, -0.05) is 12.1 Å². The van der Waals surface area contributed by atoms with Crippen LogP contribution in [0.15, 0.2) is 24.3 Å². The molecule has 0 radical (unpaired) electrons. The van der Waals surface area contributed by atoms with Crippen molar-refractivity contribution in [3.63, 3.8) is 0 Å². The van der Waals surface area contributed by atoms with E-state index in [2.05, 4.69) is 0 Å². The average molecular weight is 285 g/mol. The van der Waals surface area contributed by atoms with Gasteiger partial charge in [-0.2, -0.15) is 0 Å². The SMILES string of the molecule is CC(C)(C)S(=O)(=O)CCOc1cccc(CCN)c1. The first kappa shape index (κ1) is 16.0. The second kappa shape index (κ2) is 6.39. The monoisotopic (exact) mass is 285 g/mol. The topological polar surface area (TPSA) is 69.4 Å². The Morgan fingerprint density at radius 2 is 1.95 bits per heavy atom. The maximum absolute atomic E-state index is 11.9. The van der Waals surface area contributed by atoms with Crippen molar-refractivity contribution in [2.45, 2.75) is 31.9 Å². The van der Waals surface area contributed by atoms with Crippen LogP contribution in [-0.4, -0.2) is 32.1 Å². The molecule has 0 aromatic heterocycles. The number of hydrogen-bond donors (Lipinski definition) is 1. The number of nitrogens with two attached hydrogens (primary N) is 1. The number of hydrogen-bond acceptors (Lipinski definition) is 4. The predicted molar refractivity (Wildman–Crippen MR) is 78.2 cm³/mol. The number of sulfone groups is 1. The minimum absolute atomic E-state index is 0.0254. The quantitative estimate of drug-likeness (QED) is 0.865. The van der Waals surface area contributed by atoms with Crippen LogP contribution in [0.2, 0.25) is 0 Å². The molecule has 19 heavy (non-hydrogen) atoms. The Morgan fingerprint density at radius 1 is 1.26 bits per heavy atom. The molecular weight excluding hydrogens is 262 g/mol. The molecule has 108 valence electrons. The minimum Gasteiger partial charge on any atom is -0.493 e. The summed E-state index contributed by atoms with van der Waals surface area (Å²) in [6, 6.07) is 7.59.